The van der Waals surface area contributed by atoms with Gasteiger partial charge < -0.3 is 21.8 Å². The number of hydrazine groups is 1. The standard InChI is InChI=1S/C18H32N6/c1-4-15-12(2)5-8-16(23-15)18(20)17(24(3)21)11-22-10-14(19)9-13-6-7-13/h5,8,13-14,22H,4,6-7,9-11,19-21H2,1-3H3/b18-17-. The van der Waals surface area contributed by atoms with Crippen LogP contribution >= 0.6 is 0 Å². The van der Waals surface area contributed by atoms with Crippen LogP contribution in [0.4, 0.5) is 0 Å². The Bertz CT molecular complexity index is 577. The van der Waals surface area contributed by atoms with Gasteiger partial charge in [-0.25, -0.2) is 5.84 Å². The molecule has 1 fully saturated rings. The normalized spacial score (nSPS) is 16.7. The summed E-state index contributed by atoms with van der Waals surface area (Å²) in [4.78, 5) is 4.67. The molecule has 1 aliphatic rings. The van der Waals surface area contributed by atoms with E-state index < -0.39 is 0 Å². The third-order valence-electron chi connectivity index (χ3n) is 4.58. The molecule has 0 aromatic carbocycles. The van der Waals surface area contributed by atoms with Gasteiger partial charge in [0.05, 0.1) is 17.1 Å². The first-order valence-electron chi connectivity index (χ1n) is 8.82. The summed E-state index contributed by atoms with van der Waals surface area (Å²) >= 11 is 0. The van der Waals surface area contributed by atoms with E-state index in [0.29, 0.717) is 12.2 Å². The van der Waals surface area contributed by atoms with E-state index in [0.717, 1.165) is 42.4 Å². The van der Waals surface area contributed by atoms with Gasteiger partial charge >= 0.3 is 0 Å². The maximum atomic E-state index is 6.35. The first-order chi connectivity index (χ1) is 11.4. The van der Waals surface area contributed by atoms with E-state index in [2.05, 4.69) is 30.2 Å². The lowest BCUT2D eigenvalue weighted by molar-refractivity contribution is 0.416. The molecule has 0 saturated heterocycles. The van der Waals surface area contributed by atoms with Gasteiger partial charge in [-0.2, -0.15) is 0 Å². The van der Waals surface area contributed by atoms with Crippen LogP contribution in [-0.2, 0) is 6.42 Å². The van der Waals surface area contributed by atoms with Crippen molar-refractivity contribution in [3.8, 4) is 0 Å². The van der Waals surface area contributed by atoms with Crippen LogP contribution in [0.25, 0.3) is 5.70 Å². The second-order valence-corrected chi connectivity index (χ2v) is 6.85. The lowest BCUT2D eigenvalue weighted by atomic mass is 10.1. The zero-order valence-corrected chi connectivity index (χ0v) is 15.2. The lowest BCUT2D eigenvalue weighted by Crippen LogP contribution is -2.39. The molecule has 0 aliphatic heterocycles. The van der Waals surface area contributed by atoms with Gasteiger partial charge in [-0.05, 0) is 37.3 Å². The number of likely N-dealkylation sites (N-methyl/N-ethyl adjacent to an activating group) is 1. The Labute approximate surface area is 145 Å². The van der Waals surface area contributed by atoms with Gasteiger partial charge in [-0.3, -0.25) is 4.98 Å². The number of nitrogens with one attached hydrogen (secondary N) is 1. The Morgan fingerprint density at radius 1 is 1.42 bits per heavy atom. The molecule has 134 valence electrons. The van der Waals surface area contributed by atoms with E-state index in [1.54, 1.807) is 12.1 Å². The Kier molecular flexibility index (Phi) is 6.60. The fraction of sp³-hybridized carbons (Fsp3) is 0.611. The van der Waals surface area contributed by atoms with Crippen LogP contribution in [0, 0.1) is 12.8 Å². The van der Waals surface area contributed by atoms with Gasteiger partial charge in [-0.15, -0.1) is 0 Å². The molecule has 24 heavy (non-hydrogen) atoms. The number of rotatable bonds is 9. The van der Waals surface area contributed by atoms with E-state index in [9.17, 15) is 0 Å². The molecule has 0 radical (unpaired) electrons. The minimum Gasteiger partial charge on any atom is -0.395 e. The second-order valence-electron chi connectivity index (χ2n) is 6.85. The summed E-state index contributed by atoms with van der Waals surface area (Å²) in [6.07, 6.45) is 4.64. The van der Waals surface area contributed by atoms with Gasteiger partial charge in [0.15, 0.2) is 0 Å². The van der Waals surface area contributed by atoms with Crippen LogP contribution < -0.4 is 22.6 Å². The van der Waals surface area contributed by atoms with Crippen molar-refractivity contribution in [2.24, 2.45) is 23.2 Å². The van der Waals surface area contributed by atoms with Crippen molar-refractivity contribution in [3.05, 3.63) is 34.8 Å². The van der Waals surface area contributed by atoms with E-state index in [-0.39, 0.29) is 6.04 Å². The Hall–Kier alpha value is -1.63. The van der Waals surface area contributed by atoms with Crippen molar-refractivity contribution in [3.63, 3.8) is 0 Å². The second kappa shape index (κ2) is 8.46. The molecule has 2 rings (SSSR count). The lowest BCUT2D eigenvalue weighted by Gasteiger charge is -2.21. The van der Waals surface area contributed by atoms with Gasteiger partial charge in [0.1, 0.15) is 0 Å². The number of nitrogens with zero attached hydrogens (tertiary/aromatic N) is 2. The maximum absolute atomic E-state index is 6.35. The summed E-state index contributed by atoms with van der Waals surface area (Å²) in [5.41, 5.74) is 16.9. The molecule has 1 heterocycles. The summed E-state index contributed by atoms with van der Waals surface area (Å²) in [5, 5.41) is 4.94. The number of pyridine rings is 1. The molecule has 0 bridgehead atoms. The van der Waals surface area contributed by atoms with Crippen molar-refractivity contribution in [1.82, 2.24) is 15.3 Å². The van der Waals surface area contributed by atoms with Crippen LogP contribution in [0.3, 0.4) is 0 Å². The van der Waals surface area contributed by atoms with Crippen LogP contribution in [0.1, 0.15) is 43.1 Å². The molecule has 0 spiro atoms. The van der Waals surface area contributed by atoms with Crippen LogP contribution in [0.2, 0.25) is 0 Å². The molecule has 6 nitrogen and oxygen atoms in total. The van der Waals surface area contributed by atoms with Crippen LogP contribution in [0.5, 0.6) is 0 Å². The Morgan fingerprint density at radius 3 is 2.71 bits per heavy atom. The first kappa shape index (κ1) is 18.7. The van der Waals surface area contributed by atoms with Crippen molar-refractivity contribution in [2.45, 2.75) is 45.6 Å². The molecule has 1 saturated carbocycles. The molecular weight excluding hydrogens is 300 g/mol. The van der Waals surface area contributed by atoms with Crippen LogP contribution in [0.15, 0.2) is 17.8 Å². The van der Waals surface area contributed by atoms with E-state index in [1.165, 1.54) is 18.4 Å². The monoisotopic (exact) mass is 332 g/mol. The Morgan fingerprint density at radius 2 is 2.12 bits per heavy atom. The average Bonchev–Trinajstić information content (AvgIpc) is 3.35. The third kappa shape index (κ3) is 5.19. The van der Waals surface area contributed by atoms with Gasteiger partial charge in [-0.1, -0.05) is 25.8 Å². The number of aryl methyl sites for hydroxylation is 2. The third-order valence-corrected chi connectivity index (χ3v) is 4.58. The van der Waals surface area contributed by atoms with Gasteiger partial charge in [0.2, 0.25) is 0 Å². The topological polar surface area (TPSA) is 106 Å². The number of hydrogen-bond acceptors (Lipinski definition) is 6. The van der Waals surface area contributed by atoms with Crippen molar-refractivity contribution < 1.29 is 0 Å². The quantitative estimate of drug-likeness (QED) is 0.399. The molecule has 7 N–H and O–H groups in total. The summed E-state index contributed by atoms with van der Waals surface area (Å²) in [6, 6.07) is 4.19. The van der Waals surface area contributed by atoms with E-state index in [4.69, 9.17) is 17.3 Å². The maximum Gasteiger partial charge on any atom is 0.0881 e. The predicted octanol–water partition coefficient (Wildman–Crippen LogP) is 1.10. The van der Waals surface area contributed by atoms with E-state index in [1.807, 2.05) is 6.07 Å². The minimum atomic E-state index is 0.187. The zero-order chi connectivity index (χ0) is 17.7. The number of nitrogens with two attached hydrogens (primary N) is 3. The first-order valence-corrected chi connectivity index (χ1v) is 8.82. The smallest absolute Gasteiger partial charge is 0.0881 e. The van der Waals surface area contributed by atoms with Crippen LogP contribution in [-0.4, -0.2) is 36.2 Å². The minimum absolute atomic E-state index is 0.187. The van der Waals surface area contributed by atoms with Gasteiger partial charge in [0, 0.05) is 31.9 Å². The van der Waals surface area contributed by atoms with Gasteiger partial charge in [0.25, 0.3) is 0 Å². The summed E-state index contributed by atoms with van der Waals surface area (Å²) in [6.45, 7) is 5.50. The molecule has 1 atom stereocenters. The highest BCUT2D eigenvalue weighted by Gasteiger charge is 2.23. The number of hydrogen-bond donors (Lipinski definition) is 4. The Balaban J connectivity index is 2.04. The predicted molar refractivity (Wildman–Crippen MR) is 99.6 cm³/mol. The summed E-state index contributed by atoms with van der Waals surface area (Å²) in [5.74, 6) is 6.82. The highest BCUT2D eigenvalue weighted by atomic mass is 15.4. The fourth-order valence-corrected chi connectivity index (χ4v) is 2.88. The average molecular weight is 332 g/mol. The van der Waals surface area contributed by atoms with Crippen molar-refractivity contribution >= 4 is 5.70 Å². The molecular formula is C18H32N6. The summed E-state index contributed by atoms with van der Waals surface area (Å²) < 4.78 is 0. The van der Waals surface area contributed by atoms with Crippen molar-refractivity contribution in [2.75, 3.05) is 20.1 Å². The zero-order valence-electron chi connectivity index (χ0n) is 15.2. The molecule has 1 unspecified atom stereocenters. The number of aromatic nitrogens is 1. The fourth-order valence-electron chi connectivity index (χ4n) is 2.88. The summed E-state index contributed by atoms with van der Waals surface area (Å²) in [7, 11) is 1.79. The highest BCUT2D eigenvalue weighted by molar-refractivity contribution is 5.63. The molecule has 0 amide bonds. The largest absolute Gasteiger partial charge is 0.395 e. The molecule has 1 aliphatic carbocycles. The van der Waals surface area contributed by atoms with E-state index >= 15 is 0 Å². The molecule has 6 heteroatoms. The molecule has 1 aromatic heterocycles. The molecule has 1 aromatic rings. The van der Waals surface area contributed by atoms with Crippen molar-refractivity contribution in [1.29, 1.82) is 0 Å². The highest BCUT2D eigenvalue weighted by Crippen LogP contribution is 2.32. The SMILES string of the molecule is CCc1nc(/C(N)=C(\CNCC(N)CC2CC2)N(C)N)ccc1C.